The average molecular weight is 341 g/mol. The van der Waals surface area contributed by atoms with E-state index in [1.807, 2.05) is 12.1 Å². The van der Waals surface area contributed by atoms with E-state index in [9.17, 15) is 4.79 Å². The number of hydrogen-bond donors (Lipinski definition) is 1. The van der Waals surface area contributed by atoms with E-state index in [-0.39, 0.29) is 10.9 Å². The van der Waals surface area contributed by atoms with Crippen molar-refractivity contribution in [1.82, 2.24) is 34.8 Å². The van der Waals surface area contributed by atoms with Gasteiger partial charge in [0, 0.05) is 6.20 Å². The molecule has 0 bridgehead atoms. The zero-order chi connectivity index (χ0) is 16.5. The molecular formula is C14H9ClN8O. The minimum atomic E-state index is -0.388. The zero-order valence-electron chi connectivity index (χ0n) is 12.0. The Kier molecular flexibility index (Phi) is 3.39. The molecule has 10 heteroatoms. The van der Waals surface area contributed by atoms with Gasteiger partial charge in [-0.3, -0.25) is 14.5 Å². The maximum atomic E-state index is 12.5. The van der Waals surface area contributed by atoms with Crippen LogP contribution in [0, 0.1) is 0 Å². The number of carbonyl (C=O) groups excluding carboxylic acids is 1. The number of rotatable bonds is 3. The molecule has 3 heterocycles. The van der Waals surface area contributed by atoms with Gasteiger partial charge >= 0.3 is 0 Å². The van der Waals surface area contributed by atoms with Crippen molar-refractivity contribution in [2.75, 3.05) is 5.32 Å². The second-order valence-corrected chi connectivity index (χ2v) is 5.23. The molecule has 9 nitrogen and oxygen atoms in total. The highest BCUT2D eigenvalue weighted by Gasteiger charge is 2.15. The van der Waals surface area contributed by atoms with E-state index in [1.165, 1.54) is 11.0 Å². The van der Waals surface area contributed by atoms with Gasteiger partial charge in [0.15, 0.2) is 5.65 Å². The molecule has 0 aliphatic carbocycles. The number of carbonyl (C=O) groups is 1. The topological polar surface area (TPSA) is 103 Å². The third-order valence-electron chi connectivity index (χ3n) is 3.35. The molecule has 1 aromatic carbocycles. The molecule has 0 aliphatic rings. The number of anilines is 1. The van der Waals surface area contributed by atoms with E-state index >= 15 is 0 Å². The molecule has 1 N–H and O–H groups in total. The Morgan fingerprint density at radius 2 is 2.08 bits per heavy atom. The van der Waals surface area contributed by atoms with Crippen molar-refractivity contribution in [3.8, 4) is 5.69 Å². The summed E-state index contributed by atoms with van der Waals surface area (Å²) in [5.74, 6) is -0.0716. The lowest BCUT2D eigenvalue weighted by molar-refractivity contribution is 0.102. The number of hydrogen-bond acceptors (Lipinski definition) is 6. The molecule has 0 fully saturated rings. The fourth-order valence-electron chi connectivity index (χ4n) is 2.21. The summed E-state index contributed by atoms with van der Waals surface area (Å²) >= 11 is 6.21. The summed E-state index contributed by atoms with van der Waals surface area (Å²) in [6, 6.07) is 10.3. The Morgan fingerprint density at radius 1 is 1.17 bits per heavy atom. The predicted octanol–water partition coefficient (Wildman–Crippen LogP) is 1.61. The number of nitrogens with zero attached hydrogens (tertiary/aromatic N) is 7. The molecule has 1 amide bonds. The maximum absolute atomic E-state index is 12.5. The first-order valence-corrected chi connectivity index (χ1v) is 7.24. The monoisotopic (exact) mass is 340 g/mol. The van der Waals surface area contributed by atoms with Gasteiger partial charge < -0.3 is 0 Å². The molecule has 0 saturated carbocycles. The van der Waals surface area contributed by atoms with E-state index < -0.39 is 0 Å². The summed E-state index contributed by atoms with van der Waals surface area (Å²) in [7, 11) is 0. The first-order valence-electron chi connectivity index (χ1n) is 6.86. The van der Waals surface area contributed by atoms with Crippen LogP contribution in [0.15, 0.2) is 48.9 Å². The van der Waals surface area contributed by atoms with Crippen molar-refractivity contribution in [1.29, 1.82) is 0 Å². The summed E-state index contributed by atoms with van der Waals surface area (Å²) in [4.78, 5) is 12.5. The molecule has 0 aliphatic heterocycles. The molecule has 4 rings (SSSR count). The standard InChI is InChI=1S/C14H9ClN8O/c15-11-7-9(23-8-16-20-21-23)4-5-10(11)13(24)17-14-19-18-12-3-1-2-6-22(12)14/h1-8H,(H,17,19,24). The Bertz CT molecular complexity index is 1030. The van der Waals surface area contributed by atoms with Crippen LogP contribution in [0.1, 0.15) is 10.4 Å². The van der Waals surface area contributed by atoms with E-state index in [0.717, 1.165) is 0 Å². The second kappa shape index (κ2) is 5.70. The summed E-state index contributed by atoms with van der Waals surface area (Å²) in [6.07, 6.45) is 3.20. The number of pyridine rings is 1. The van der Waals surface area contributed by atoms with Gasteiger partial charge in [-0.1, -0.05) is 17.7 Å². The van der Waals surface area contributed by atoms with Crippen LogP contribution in [-0.2, 0) is 0 Å². The molecule has 4 aromatic rings. The summed E-state index contributed by atoms with van der Waals surface area (Å²) in [5, 5.41) is 21.8. The number of aromatic nitrogens is 7. The lowest BCUT2D eigenvalue weighted by Crippen LogP contribution is -2.15. The van der Waals surface area contributed by atoms with E-state index in [1.54, 1.807) is 34.9 Å². The van der Waals surface area contributed by atoms with Crippen molar-refractivity contribution in [2.24, 2.45) is 0 Å². The molecule has 118 valence electrons. The fraction of sp³-hybridized carbons (Fsp3) is 0. The molecule has 0 unspecified atom stereocenters. The van der Waals surface area contributed by atoms with Gasteiger partial charge in [-0.2, -0.15) is 0 Å². The average Bonchev–Trinajstić information content (AvgIpc) is 3.25. The van der Waals surface area contributed by atoms with Crippen LogP contribution in [0.5, 0.6) is 0 Å². The summed E-state index contributed by atoms with van der Waals surface area (Å²) < 4.78 is 3.11. The minimum absolute atomic E-state index is 0.273. The van der Waals surface area contributed by atoms with Gasteiger partial charge in [0.1, 0.15) is 6.33 Å². The second-order valence-electron chi connectivity index (χ2n) is 4.83. The van der Waals surface area contributed by atoms with Crippen molar-refractivity contribution in [3.05, 3.63) is 59.5 Å². The number of amides is 1. The van der Waals surface area contributed by atoms with Crippen molar-refractivity contribution < 1.29 is 4.79 Å². The fourth-order valence-corrected chi connectivity index (χ4v) is 2.47. The van der Waals surface area contributed by atoms with E-state index in [0.29, 0.717) is 22.8 Å². The van der Waals surface area contributed by atoms with Gasteiger partial charge in [-0.25, -0.2) is 4.68 Å². The largest absolute Gasteiger partial charge is 0.290 e. The molecule has 0 spiro atoms. The van der Waals surface area contributed by atoms with Gasteiger partial charge in [-0.05, 0) is 40.8 Å². The molecular weight excluding hydrogens is 332 g/mol. The quantitative estimate of drug-likeness (QED) is 0.607. The Labute approximate surface area is 139 Å². The Hall–Kier alpha value is -3.33. The third kappa shape index (κ3) is 2.46. The minimum Gasteiger partial charge on any atom is -0.290 e. The van der Waals surface area contributed by atoms with E-state index in [4.69, 9.17) is 11.6 Å². The van der Waals surface area contributed by atoms with Crippen LogP contribution in [0.4, 0.5) is 5.95 Å². The Morgan fingerprint density at radius 3 is 2.88 bits per heavy atom. The van der Waals surface area contributed by atoms with Crippen molar-refractivity contribution in [2.45, 2.75) is 0 Å². The summed E-state index contributed by atoms with van der Waals surface area (Å²) in [5.41, 5.74) is 1.59. The first-order chi connectivity index (χ1) is 11.7. The SMILES string of the molecule is O=C(Nc1nnc2ccccn12)c1ccc(-n2cnnn2)cc1Cl. The number of tetrazole rings is 1. The highest BCUT2D eigenvalue weighted by atomic mass is 35.5. The van der Waals surface area contributed by atoms with Gasteiger partial charge in [0.05, 0.1) is 16.3 Å². The number of nitrogens with one attached hydrogen (secondary N) is 1. The lowest BCUT2D eigenvalue weighted by Gasteiger charge is -2.07. The molecule has 0 atom stereocenters. The molecule has 0 saturated heterocycles. The summed E-state index contributed by atoms with van der Waals surface area (Å²) in [6.45, 7) is 0. The number of fused-ring (bicyclic) bond motifs is 1. The van der Waals surface area contributed by atoms with Crippen molar-refractivity contribution >= 4 is 29.1 Å². The van der Waals surface area contributed by atoms with Crippen molar-refractivity contribution in [3.63, 3.8) is 0 Å². The highest BCUT2D eigenvalue weighted by Crippen LogP contribution is 2.21. The highest BCUT2D eigenvalue weighted by molar-refractivity contribution is 6.34. The van der Waals surface area contributed by atoms with Gasteiger partial charge in [-0.15, -0.1) is 15.3 Å². The normalized spacial score (nSPS) is 10.9. The number of benzene rings is 1. The van der Waals surface area contributed by atoms with Crippen LogP contribution in [0.25, 0.3) is 11.3 Å². The Balaban J connectivity index is 1.63. The van der Waals surface area contributed by atoms with Crippen LogP contribution < -0.4 is 5.32 Å². The van der Waals surface area contributed by atoms with Gasteiger partial charge in [0.25, 0.3) is 5.91 Å². The molecule has 24 heavy (non-hydrogen) atoms. The van der Waals surface area contributed by atoms with Crippen LogP contribution >= 0.6 is 11.6 Å². The van der Waals surface area contributed by atoms with Crippen LogP contribution in [0.2, 0.25) is 5.02 Å². The zero-order valence-corrected chi connectivity index (χ0v) is 12.8. The molecule has 3 aromatic heterocycles. The van der Waals surface area contributed by atoms with Gasteiger partial charge in [0.2, 0.25) is 5.95 Å². The smallest absolute Gasteiger partial charge is 0.259 e. The first kappa shape index (κ1) is 14.3. The van der Waals surface area contributed by atoms with E-state index in [2.05, 4.69) is 31.0 Å². The lowest BCUT2D eigenvalue weighted by atomic mass is 10.2. The maximum Gasteiger partial charge on any atom is 0.259 e. The number of halogens is 1. The third-order valence-corrected chi connectivity index (χ3v) is 3.66. The molecule has 0 radical (unpaired) electrons. The van der Waals surface area contributed by atoms with Crippen LogP contribution in [-0.4, -0.2) is 40.7 Å². The predicted molar refractivity (Wildman–Crippen MR) is 85.1 cm³/mol. The van der Waals surface area contributed by atoms with Crippen LogP contribution in [0.3, 0.4) is 0 Å².